The first-order chi connectivity index (χ1) is 15.9. The molecule has 0 radical (unpaired) electrons. The van der Waals surface area contributed by atoms with Crippen LogP contribution in [0, 0.1) is 0 Å². The van der Waals surface area contributed by atoms with E-state index in [0.29, 0.717) is 6.04 Å². The third-order valence-electron chi connectivity index (χ3n) is 7.95. The summed E-state index contributed by atoms with van der Waals surface area (Å²) in [5.41, 5.74) is 9.27. The summed E-state index contributed by atoms with van der Waals surface area (Å²) in [6.45, 7) is 16.6. The molecule has 0 aromatic heterocycles. The molecular formula is C29H36ClN3. The average Bonchev–Trinajstić information content (AvgIpc) is 3.05. The van der Waals surface area contributed by atoms with E-state index >= 15 is 0 Å². The van der Waals surface area contributed by atoms with E-state index in [9.17, 15) is 0 Å². The number of benzene rings is 2. The summed E-state index contributed by atoms with van der Waals surface area (Å²) in [6, 6.07) is 13.7. The molecule has 3 aliphatic rings. The van der Waals surface area contributed by atoms with Crippen molar-refractivity contribution in [1.82, 2.24) is 4.90 Å². The van der Waals surface area contributed by atoms with Gasteiger partial charge in [0.1, 0.15) is 0 Å². The first-order valence-electron chi connectivity index (χ1n) is 12.4. The summed E-state index contributed by atoms with van der Waals surface area (Å²) in [5, 5.41) is 4.34. The Kier molecular flexibility index (Phi) is 6.05. The third kappa shape index (κ3) is 4.11. The van der Waals surface area contributed by atoms with Crippen LogP contribution in [0.5, 0.6) is 0 Å². The van der Waals surface area contributed by atoms with Gasteiger partial charge in [0.2, 0.25) is 0 Å². The van der Waals surface area contributed by atoms with Crippen LogP contribution >= 0.6 is 11.6 Å². The monoisotopic (exact) mass is 461 g/mol. The van der Waals surface area contributed by atoms with Crippen LogP contribution in [0.15, 0.2) is 61.0 Å². The predicted molar refractivity (Wildman–Crippen MR) is 141 cm³/mol. The van der Waals surface area contributed by atoms with Crippen molar-refractivity contribution in [3.05, 3.63) is 82.7 Å². The number of fused-ring (bicyclic) bond motifs is 3. The second-order valence-corrected chi connectivity index (χ2v) is 10.8. The first-order valence-corrected chi connectivity index (χ1v) is 12.8. The van der Waals surface area contributed by atoms with Gasteiger partial charge in [0, 0.05) is 39.2 Å². The number of aryl methyl sites for hydroxylation is 2. The second-order valence-electron chi connectivity index (χ2n) is 10.3. The topological polar surface area (TPSA) is 18.5 Å². The Morgan fingerprint density at radius 2 is 1.85 bits per heavy atom. The van der Waals surface area contributed by atoms with Crippen LogP contribution in [0.3, 0.4) is 0 Å². The van der Waals surface area contributed by atoms with Gasteiger partial charge in [-0.05, 0) is 113 Å². The quantitative estimate of drug-likeness (QED) is 0.521. The smallest absolute Gasteiger partial charge is 0.0443 e. The highest BCUT2D eigenvalue weighted by Crippen LogP contribution is 2.50. The molecule has 0 amide bonds. The summed E-state index contributed by atoms with van der Waals surface area (Å²) in [7, 11) is 0. The lowest BCUT2D eigenvalue weighted by Crippen LogP contribution is -2.43. The van der Waals surface area contributed by atoms with Gasteiger partial charge >= 0.3 is 0 Å². The van der Waals surface area contributed by atoms with Crippen molar-refractivity contribution in [2.45, 2.75) is 63.8 Å². The van der Waals surface area contributed by atoms with Gasteiger partial charge in [-0.3, -0.25) is 0 Å². The van der Waals surface area contributed by atoms with Crippen LogP contribution in [-0.4, -0.2) is 30.6 Å². The van der Waals surface area contributed by atoms with Crippen LogP contribution < -0.4 is 10.2 Å². The molecule has 0 atom stereocenters. The van der Waals surface area contributed by atoms with Crippen molar-refractivity contribution in [3.8, 4) is 0 Å². The summed E-state index contributed by atoms with van der Waals surface area (Å²) < 4.78 is 0. The molecule has 2 aromatic carbocycles. The minimum absolute atomic E-state index is 0.0432. The number of hydrogen-bond donors (Lipinski definition) is 1. The maximum atomic E-state index is 6.33. The zero-order valence-electron chi connectivity index (χ0n) is 20.1. The zero-order chi connectivity index (χ0) is 23.2. The van der Waals surface area contributed by atoms with Crippen molar-refractivity contribution < 1.29 is 0 Å². The van der Waals surface area contributed by atoms with Crippen LogP contribution in [-0.2, 0) is 18.3 Å². The molecule has 174 valence electrons. The van der Waals surface area contributed by atoms with Crippen LogP contribution in [0.25, 0.3) is 0 Å². The largest absolute Gasteiger partial charge is 0.358 e. The fourth-order valence-corrected chi connectivity index (χ4v) is 6.32. The van der Waals surface area contributed by atoms with Crippen molar-refractivity contribution in [2.75, 3.05) is 29.9 Å². The van der Waals surface area contributed by atoms with Crippen LogP contribution in [0.1, 0.15) is 56.2 Å². The fraction of sp³-hybridized carbons (Fsp3) is 0.448. The third-order valence-corrected chi connectivity index (χ3v) is 8.19. The number of nitrogens with one attached hydrogen (secondary N) is 1. The maximum Gasteiger partial charge on any atom is 0.0443 e. The molecule has 0 unspecified atom stereocenters. The lowest BCUT2D eigenvalue weighted by molar-refractivity contribution is 0.179. The van der Waals surface area contributed by atoms with Crippen molar-refractivity contribution >= 4 is 23.0 Å². The molecule has 0 bridgehead atoms. The van der Waals surface area contributed by atoms with Crippen molar-refractivity contribution in [1.29, 1.82) is 0 Å². The molecule has 1 saturated heterocycles. The molecule has 4 heteroatoms. The Balaban J connectivity index is 1.17. The second kappa shape index (κ2) is 8.85. The van der Waals surface area contributed by atoms with Crippen LogP contribution in [0.4, 0.5) is 11.4 Å². The van der Waals surface area contributed by atoms with E-state index in [-0.39, 0.29) is 5.41 Å². The number of allylic oxidation sites excluding steroid dienone is 2. The zero-order valence-corrected chi connectivity index (χ0v) is 20.8. The molecule has 1 spiro atoms. The Morgan fingerprint density at radius 1 is 1.06 bits per heavy atom. The van der Waals surface area contributed by atoms with Gasteiger partial charge in [-0.1, -0.05) is 36.9 Å². The summed E-state index contributed by atoms with van der Waals surface area (Å²) in [4.78, 5) is 5.03. The minimum Gasteiger partial charge on any atom is -0.358 e. The predicted octanol–water partition coefficient (Wildman–Crippen LogP) is 6.92. The van der Waals surface area contributed by atoms with E-state index in [1.165, 1.54) is 40.2 Å². The number of nitrogens with zero attached hydrogens (tertiary/aromatic N) is 2. The van der Waals surface area contributed by atoms with Gasteiger partial charge in [0.05, 0.1) is 0 Å². The highest BCUT2D eigenvalue weighted by molar-refractivity contribution is 6.30. The molecule has 0 saturated carbocycles. The van der Waals surface area contributed by atoms with Gasteiger partial charge in [-0.2, -0.15) is 0 Å². The lowest BCUT2D eigenvalue weighted by atomic mass is 9.72. The van der Waals surface area contributed by atoms with E-state index in [2.05, 4.69) is 72.5 Å². The van der Waals surface area contributed by atoms with E-state index < -0.39 is 0 Å². The number of likely N-dealkylation sites (tertiary alicyclic amines) is 1. The Bertz CT molecular complexity index is 1080. The van der Waals surface area contributed by atoms with E-state index in [4.69, 9.17) is 11.6 Å². The molecule has 3 aliphatic heterocycles. The molecule has 3 heterocycles. The Labute approximate surface area is 204 Å². The molecule has 2 aromatic rings. The molecule has 1 N–H and O–H groups in total. The van der Waals surface area contributed by atoms with Gasteiger partial charge in [0.25, 0.3) is 0 Å². The highest BCUT2D eigenvalue weighted by atomic mass is 35.5. The average molecular weight is 462 g/mol. The van der Waals surface area contributed by atoms with E-state index in [0.717, 1.165) is 62.5 Å². The molecule has 5 rings (SSSR count). The summed E-state index contributed by atoms with van der Waals surface area (Å²) in [6.07, 6.45) is 6.75. The van der Waals surface area contributed by atoms with E-state index in [1.54, 1.807) is 0 Å². The van der Waals surface area contributed by atoms with Gasteiger partial charge in [-0.15, -0.1) is 0 Å². The number of anilines is 2. The number of piperidine rings is 1. The summed E-state index contributed by atoms with van der Waals surface area (Å²) >= 11 is 6.33. The van der Waals surface area contributed by atoms with Gasteiger partial charge in [0.15, 0.2) is 0 Å². The standard InChI is InChI=1S/C29H36ClN3/c1-20(2)33-21(3)7-9-24-18-23(8-12-28(24)33)6-5-15-32-16-13-29(14-17-32)22(4)31-27-11-10-25(30)19-26(27)29/h8,10-12,18-20,31H,3-7,9,13-17H2,1-2H3. The number of rotatable bonds is 5. The highest BCUT2D eigenvalue weighted by Gasteiger charge is 2.44. The van der Waals surface area contributed by atoms with Crippen molar-refractivity contribution in [2.24, 2.45) is 0 Å². The van der Waals surface area contributed by atoms with E-state index in [1.807, 2.05) is 6.07 Å². The first kappa shape index (κ1) is 22.6. The molecule has 0 aliphatic carbocycles. The van der Waals surface area contributed by atoms with Crippen molar-refractivity contribution in [3.63, 3.8) is 0 Å². The SMILES string of the molecule is C=C1CCc2cc(CCCN3CCC4(CC3)C(=C)Nc3ccc(Cl)cc34)ccc2N1C(C)C. The van der Waals surface area contributed by atoms with Crippen LogP contribution in [0.2, 0.25) is 5.02 Å². The van der Waals surface area contributed by atoms with Gasteiger partial charge in [-0.25, -0.2) is 0 Å². The molecule has 1 fully saturated rings. The Morgan fingerprint density at radius 3 is 2.61 bits per heavy atom. The lowest BCUT2D eigenvalue weighted by Gasteiger charge is -2.40. The number of halogens is 1. The summed E-state index contributed by atoms with van der Waals surface area (Å²) in [5.74, 6) is 0. The Hall–Kier alpha value is -2.23. The van der Waals surface area contributed by atoms with Gasteiger partial charge < -0.3 is 15.1 Å². The molecule has 3 nitrogen and oxygen atoms in total. The molecular weight excluding hydrogens is 426 g/mol. The maximum absolute atomic E-state index is 6.33. The normalized spacial score (nSPS) is 19.7. The molecule has 33 heavy (non-hydrogen) atoms. The fourth-order valence-electron chi connectivity index (χ4n) is 6.15. The number of hydrogen-bond acceptors (Lipinski definition) is 3. The minimum atomic E-state index is 0.0432.